The van der Waals surface area contributed by atoms with Crippen LogP contribution in [0, 0.1) is 0 Å². The van der Waals surface area contributed by atoms with Gasteiger partial charge in [0.15, 0.2) is 0 Å². The van der Waals surface area contributed by atoms with E-state index >= 15 is 0 Å². The van der Waals surface area contributed by atoms with E-state index in [-0.39, 0.29) is 5.91 Å². The lowest BCUT2D eigenvalue weighted by molar-refractivity contribution is -0.121. The van der Waals surface area contributed by atoms with Gasteiger partial charge in [-0.1, -0.05) is 36.6 Å². The number of carbonyl (C=O) groups excluding carboxylic acids is 1. The summed E-state index contributed by atoms with van der Waals surface area (Å²) < 4.78 is 5.60. The number of likely N-dealkylation sites (N-methyl/N-ethyl adjacent to an activating group) is 1. The minimum atomic E-state index is -0.495. The first-order valence-corrected chi connectivity index (χ1v) is 9.68. The van der Waals surface area contributed by atoms with Gasteiger partial charge in [0.2, 0.25) is 11.8 Å². The standard InChI is InChI=1S/C21H26ClN3O2/c1-25(2)13-14-27-19-10-9-18(15-23-19)24-20(26)21(11-3-4-12-21)16-5-7-17(22)8-6-16/h5-10,15H,3-4,11-14H2,1-2H3,(H,24,26). The highest BCUT2D eigenvalue weighted by Gasteiger charge is 2.42. The van der Waals surface area contributed by atoms with Gasteiger partial charge in [-0.2, -0.15) is 0 Å². The first-order chi connectivity index (χ1) is 13.0. The molecule has 0 bridgehead atoms. The minimum absolute atomic E-state index is 0.0189. The highest BCUT2D eigenvalue weighted by atomic mass is 35.5. The number of hydrogen-bond donors (Lipinski definition) is 1. The summed E-state index contributed by atoms with van der Waals surface area (Å²) in [5.41, 5.74) is 1.21. The van der Waals surface area contributed by atoms with Gasteiger partial charge in [-0.05, 0) is 50.7 Å². The second kappa shape index (κ2) is 8.72. The van der Waals surface area contributed by atoms with Crippen molar-refractivity contribution in [2.75, 3.05) is 32.6 Å². The topological polar surface area (TPSA) is 54.5 Å². The summed E-state index contributed by atoms with van der Waals surface area (Å²) in [6, 6.07) is 11.3. The second-order valence-electron chi connectivity index (χ2n) is 7.29. The van der Waals surface area contributed by atoms with E-state index in [1.54, 1.807) is 12.3 Å². The predicted octanol–water partition coefficient (Wildman–Crippen LogP) is 4.13. The van der Waals surface area contributed by atoms with Crippen LogP contribution in [0.25, 0.3) is 0 Å². The van der Waals surface area contributed by atoms with Crippen LogP contribution in [0.1, 0.15) is 31.2 Å². The first-order valence-electron chi connectivity index (χ1n) is 9.31. The molecule has 1 saturated carbocycles. The van der Waals surface area contributed by atoms with Crippen LogP contribution in [0.15, 0.2) is 42.6 Å². The molecule has 1 aromatic carbocycles. The van der Waals surface area contributed by atoms with Crippen molar-refractivity contribution in [1.29, 1.82) is 0 Å². The molecule has 1 N–H and O–H groups in total. The fraction of sp³-hybridized carbons (Fsp3) is 0.429. The number of aromatic nitrogens is 1. The summed E-state index contributed by atoms with van der Waals surface area (Å²) in [7, 11) is 3.99. The van der Waals surface area contributed by atoms with Gasteiger partial charge in [-0.3, -0.25) is 4.79 Å². The molecule has 0 aliphatic heterocycles. The Bertz CT molecular complexity index is 754. The lowest BCUT2D eigenvalue weighted by Gasteiger charge is -2.28. The van der Waals surface area contributed by atoms with Crippen LogP contribution >= 0.6 is 11.6 Å². The first kappa shape index (κ1) is 19.6. The number of benzene rings is 1. The van der Waals surface area contributed by atoms with Crippen LogP contribution in [0.5, 0.6) is 5.88 Å². The van der Waals surface area contributed by atoms with Gasteiger partial charge >= 0.3 is 0 Å². The maximum Gasteiger partial charge on any atom is 0.235 e. The highest BCUT2D eigenvalue weighted by Crippen LogP contribution is 2.42. The van der Waals surface area contributed by atoms with E-state index < -0.39 is 5.41 Å². The van der Waals surface area contributed by atoms with Crippen molar-refractivity contribution in [2.24, 2.45) is 0 Å². The maximum absolute atomic E-state index is 13.1. The van der Waals surface area contributed by atoms with Gasteiger partial charge < -0.3 is 15.0 Å². The molecule has 1 aromatic heterocycles. The summed E-state index contributed by atoms with van der Waals surface area (Å²) in [6.45, 7) is 1.40. The maximum atomic E-state index is 13.1. The van der Waals surface area contributed by atoms with Crippen molar-refractivity contribution in [1.82, 2.24) is 9.88 Å². The molecule has 1 amide bonds. The van der Waals surface area contributed by atoms with E-state index in [9.17, 15) is 4.79 Å². The molecule has 1 aliphatic rings. The molecule has 6 heteroatoms. The third-order valence-electron chi connectivity index (χ3n) is 5.07. The number of rotatable bonds is 7. The molecule has 0 spiro atoms. The van der Waals surface area contributed by atoms with Crippen LogP contribution in [0.2, 0.25) is 5.02 Å². The molecule has 1 heterocycles. The number of nitrogens with zero attached hydrogens (tertiary/aromatic N) is 2. The molecular weight excluding hydrogens is 362 g/mol. The average molecular weight is 388 g/mol. The highest BCUT2D eigenvalue weighted by molar-refractivity contribution is 6.30. The Morgan fingerprint density at radius 3 is 2.48 bits per heavy atom. The quantitative estimate of drug-likeness (QED) is 0.776. The zero-order valence-electron chi connectivity index (χ0n) is 15.9. The molecule has 0 radical (unpaired) electrons. The van der Waals surface area contributed by atoms with Crippen molar-refractivity contribution in [3.63, 3.8) is 0 Å². The third-order valence-corrected chi connectivity index (χ3v) is 5.32. The van der Waals surface area contributed by atoms with Crippen molar-refractivity contribution < 1.29 is 9.53 Å². The minimum Gasteiger partial charge on any atom is -0.476 e. The van der Waals surface area contributed by atoms with Gasteiger partial charge in [-0.15, -0.1) is 0 Å². The summed E-state index contributed by atoms with van der Waals surface area (Å²) >= 11 is 6.02. The molecule has 1 aliphatic carbocycles. The summed E-state index contributed by atoms with van der Waals surface area (Å²) in [5.74, 6) is 0.577. The Balaban J connectivity index is 1.68. The van der Waals surface area contributed by atoms with E-state index in [1.165, 1.54) is 0 Å². The molecule has 0 atom stereocenters. The van der Waals surface area contributed by atoms with E-state index in [0.29, 0.717) is 23.2 Å². The largest absolute Gasteiger partial charge is 0.476 e. The predicted molar refractivity (Wildman–Crippen MR) is 109 cm³/mol. The van der Waals surface area contributed by atoms with Crippen molar-refractivity contribution in [2.45, 2.75) is 31.1 Å². The van der Waals surface area contributed by atoms with Crippen molar-refractivity contribution in [3.05, 3.63) is 53.2 Å². The summed E-state index contributed by atoms with van der Waals surface area (Å²) in [5, 5.41) is 3.72. The molecule has 2 aromatic rings. The Morgan fingerprint density at radius 1 is 1.19 bits per heavy atom. The molecule has 0 saturated heterocycles. The summed E-state index contributed by atoms with van der Waals surface area (Å²) in [4.78, 5) is 19.5. The number of hydrogen-bond acceptors (Lipinski definition) is 4. The Morgan fingerprint density at radius 2 is 1.89 bits per heavy atom. The van der Waals surface area contributed by atoms with Crippen LogP contribution in [0.3, 0.4) is 0 Å². The number of pyridine rings is 1. The van der Waals surface area contributed by atoms with E-state index in [1.807, 2.05) is 49.3 Å². The van der Waals surface area contributed by atoms with Crippen molar-refractivity contribution in [3.8, 4) is 5.88 Å². The number of anilines is 1. The molecule has 27 heavy (non-hydrogen) atoms. The average Bonchev–Trinajstić information content (AvgIpc) is 3.14. The van der Waals surface area contributed by atoms with Gasteiger partial charge in [0.05, 0.1) is 17.3 Å². The van der Waals surface area contributed by atoms with E-state index in [0.717, 1.165) is 37.8 Å². The summed E-state index contributed by atoms with van der Waals surface area (Å²) in [6.07, 6.45) is 5.44. The second-order valence-corrected chi connectivity index (χ2v) is 7.72. The lowest BCUT2D eigenvalue weighted by Crippen LogP contribution is -2.38. The molecular formula is C21H26ClN3O2. The number of nitrogens with one attached hydrogen (secondary N) is 1. The number of carbonyl (C=O) groups is 1. The van der Waals surface area contributed by atoms with E-state index in [2.05, 4.69) is 10.3 Å². The van der Waals surface area contributed by atoms with Crippen LogP contribution < -0.4 is 10.1 Å². The SMILES string of the molecule is CN(C)CCOc1ccc(NC(=O)C2(c3ccc(Cl)cc3)CCCC2)cn1. The van der Waals surface area contributed by atoms with Crippen LogP contribution in [0.4, 0.5) is 5.69 Å². The van der Waals surface area contributed by atoms with Crippen LogP contribution in [-0.4, -0.2) is 43.0 Å². The molecule has 0 unspecified atom stereocenters. The molecule has 1 fully saturated rings. The fourth-order valence-corrected chi connectivity index (χ4v) is 3.64. The Labute approximate surface area is 165 Å². The number of halogens is 1. The van der Waals surface area contributed by atoms with Gasteiger partial charge in [0, 0.05) is 17.6 Å². The Kier molecular flexibility index (Phi) is 6.34. The van der Waals surface area contributed by atoms with Gasteiger partial charge in [0.1, 0.15) is 6.61 Å². The molecule has 144 valence electrons. The lowest BCUT2D eigenvalue weighted by atomic mass is 9.78. The Hall–Kier alpha value is -2.11. The monoisotopic (exact) mass is 387 g/mol. The fourth-order valence-electron chi connectivity index (χ4n) is 3.52. The zero-order chi connectivity index (χ0) is 19.3. The molecule has 5 nitrogen and oxygen atoms in total. The van der Waals surface area contributed by atoms with Gasteiger partial charge in [0.25, 0.3) is 0 Å². The van der Waals surface area contributed by atoms with E-state index in [4.69, 9.17) is 16.3 Å². The smallest absolute Gasteiger partial charge is 0.235 e. The number of ether oxygens (including phenoxy) is 1. The third kappa shape index (κ3) is 4.79. The molecule has 3 rings (SSSR count). The van der Waals surface area contributed by atoms with Crippen LogP contribution in [-0.2, 0) is 10.2 Å². The normalized spacial score (nSPS) is 15.7. The van der Waals surface area contributed by atoms with Gasteiger partial charge in [-0.25, -0.2) is 4.98 Å². The number of amides is 1. The van der Waals surface area contributed by atoms with Crippen molar-refractivity contribution >= 4 is 23.2 Å². The zero-order valence-corrected chi connectivity index (χ0v) is 16.6.